The van der Waals surface area contributed by atoms with Crippen LogP contribution in [0.4, 0.5) is 11.4 Å². The predicted octanol–water partition coefficient (Wildman–Crippen LogP) is 8.85. The number of anilines is 2. The van der Waals surface area contributed by atoms with Crippen molar-refractivity contribution in [3.63, 3.8) is 0 Å². The summed E-state index contributed by atoms with van der Waals surface area (Å²) in [6.45, 7) is 21.3. The molecule has 2 heteroatoms. The predicted molar refractivity (Wildman–Crippen MR) is 151 cm³/mol. The van der Waals surface area contributed by atoms with E-state index in [2.05, 4.69) is 120 Å². The first-order valence-corrected chi connectivity index (χ1v) is 12.8. The molecule has 0 aliphatic carbocycles. The zero-order valence-electron chi connectivity index (χ0n) is 22.7. The highest BCUT2D eigenvalue weighted by atomic mass is 15.1. The number of rotatable bonds is 7. The summed E-state index contributed by atoms with van der Waals surface area (Å²) in [6.07, 6.45) is 8.94. The normalized spacial score (nSPS) is 15.9. The number of nitrogens with one attached hydrogen (secondary N) is 1. The summed E-state index contributed by atoms with van der Waals surface area (Å²) in [6, 6.07) is 13.5. The fourth-order valence-electron chi connectivity index (χ4n) is 4.76. The lowest BCUT2D eigenvalue weighted by molar-refractivity contribution is 0.177. The van der Waals surface area contributed by atoms with E-state index < -0.39 is 0 Å². The maximum atomic E-state index is 3.75. The molecule has 2 nitrogen and oxygen atoms in total. The molecule has 0 amide bonds. The van der Waals surface area contributed by atoms with Gasteiger partial charge in [-0.3, -0.25) is 4.90 Å². The molecule has 1 N–H and O–H groups in total. The lowest BCUT2D eigenvalue weighted by Crippen LogP contribution is -2.37. The Labute approximate surface area is 208 Å². The lowest BCUT2D eigenvalue weighted by Gasteiger charge is -2.34. The Bertz CT molecular complexity index is 1090. The first-order valence-electron chi connectivity index (χ1n) is 12.8. The van der Waals surface area contributed by atoms with E-state index in [1.807, 2.05) is 0 Å². The molecule has 0 atom stereocenters. The van der Waals surface area contributed by atoms with Crippen molar-refractivity contribution in [2.45, 2.75) is 74.8 Å². The Hall–Kier alpha value is -2.58. The van der Waals surface area contributed by atoms with E-state index in [4.69, 9.17) is 0 Å². The summed E-state index contributed by atoms with van der Waals surface area (Å²) in [5, 5.41) is 3.75. The van der Waals surface area contributed by atoms with Crippen molar-refractivity contribution in [3.05, 3.63) is 88.0 Å². The van der Waals surface area contributed by atoms with Crippen LogP contribution in [-0.2, 0) is 13.0 Å². The van der Waals surface area contributed by atoms with Crippen molar-refractivity contribution in [3.8, 4) is 0 Å². The molecule has 1 heterocycles. The number of aryl methyl sites for hydroxylation is 1. The Morgan fingerprint density at radius 3 is 2.53 bits per heavy atom. The molecule has 2 aromatic rings. The van der Waals surface area contributed by atoms with Gasteiger partial charge in [-0.1, -0.05) is 75.3 Å². The van der Waals surface area contributed by atoms with Crippen LogP contribution in [0.15, 0.2) is 65.8 Å². The van der Waals surface area contributed by atoms with E-state index in [1.165, 1.54) is 44.7 Å². The smallest absolute Gasteiger partial charge is 0.0420 e. The number of hydrogen-bond acceptors (Lipinski definition) is 2. The molecule has 2 aromatic carbocycles. The lowest BCUT2D eigenvalue weighted by atomic mass is 9.92. The van der Waals surface area contributed by atoms with Gasteiger partial charge in [-0.25, -0.2) is 0 Å². The average Bonchev–Trinajstić information content (AvgIpc) is 2.77. The molecule has 1 aliphatic rings. The fourth-order valence-corrected chi connectivity index (χ4v) is 4.76. The van der Waals surface area contributed by atoms with E-state index in [0.29, 0.717) is 5.41 Å². The van der Waals surface area contributed by atoms with Crippen LogP contribution in [0.2, 0.25) is 0 Å². The molecule has 0 spiro atoms. The summed E-state index contributed by atoms with van der Waals surface area (Å²) in [7, 11) is 0. The minimum absolute atomic E-state index is 0.329. The van der Waals surface area contributed by atoms with Crippen LogP contribution in [0.5, 0.6) is 0 Å². The number of hydrogen-bond donors (Lipinski definition) is 1. The quantitative estimate of drug-likeness (QED) is 0.419. The molecule has 0 radical (unpaired) electrons. The van der Waals surface area contributed by atoms with E-state index in [0.717, 1.165) is 38.2 Å². The SMILES string of the molecule is CCC(C)=CC(C)=CC=C(C)c1cc(Nc2cccc3c2CCN(CC(C)(C)C)C3)ccc1C. The molecule has 3 rings (SSSR count). The van der Waals surface area contributed by atoms with Crippen LogP contribution in [0.1, 0.15) is 77.1 Å². The molecule has 0 fully saturated rings. The summed E-state index contributed by atoms with van der Waals surface area (Å²) in [5.41, 5.74) is 12.3. The van der Waals surface area contributed by atoms with Gasteiger partial charge in [0.25, 0.3) is 0 Å². The Morgan fingerprint density at radius 1 is 1.06 bits per heavy atom. The van der Waals surface area contributed by atoms with Crippen LogP contribution >= 0.6 is 0 Å². The standard InChI is InChI=1S/C32H44N2/c1-9-23(2)19-24(3)13-14-25(4)30-20-28(16-15-26(30)5)33-31-12-10-11-27-21-34(18-17-29(27)31)22-32(6,7)8/h10-16,19-20,33H,9,17-18,21-22H2,1-8H3. The second kappa shape index (κ2) is 11.2. The molecule has 0 bridgehead atoms. The second-order valence-corrected chi connectivity index (χ2v) is 11.2. The summed E-state index contributed by atoms with van der Waals surface area (Å²) < 4.78 is 0. The monoisotopic (exact) mass is 456 g/mol. The van der Waals surface area contributed by atoms with Gasteiger partial charge in [-0.05, 0) is 92.0 Å². The van der Waals surface area contributed by atoms with Crippen molar-refractivity contribution in [1.29, 1.82) is 0 Å². The van der Waals surface area contributed by atoms with E-state index in [1.54, 1.807) is 0 Å². The molecular weight excluding hydrogens is 412 g/mol. The second-order valence-electron chi connectivity index (χ2n) is 11.2. The highest BCUT2D eigenvalue weighted by Gasteiger charge is 2.22. The number of allylic oxidation sites excluding steroid dienone is 6. The molecule has 0 aromatic heterocycles. The van der Waals surface area contributed by atoms with Crippen molar-refractivity contribution in [2.24, 2.45) is 5.41 Å². The van der Waals surface area contributed by atoms with Crippen molar-refractivity contribution in [1.82, 2.24) is 4.90 Å². The topological polar surface area (TPSA) is 15.3 Å². The maximum Gasteiger partial charge on any atom is 0.0420 e. The van der Waals surface area contributed by atoms with Crippen LogP contribution in [0.3, 0.4) is 0 Å². The molecule has 0 unspecified atom stereocenters. The van der Waals surface area contributed by atoms with Crippen LogP contribution in [0.25, 0.3) is 5.57 Å². The minimum atomic E-state index is 0.329. The van der Waals surface area contributed by atoms with Gasteiger partial charge >= 0.3 is 0 Å². The summed E-state index contributed by atoms with van der Waals surface area (Å²) in [5.74, 6) is 0. The van der Waals surface area contributed by atoms with Gasteiger partial charge in [0.2, 0.25) is 0 Å². The van der Waals surface area contributed by atoms with Gasteiger partial charge in [0, 0.05) is 31.0 Å². The first-order chi connectivity index (χ1) is 16.1. The highest BCUT2D eigenvalue weighted by molar-refractivity contribution is 5.74. The molecule has 182 valence electrons. The fraction of sp³-hybridized carbons (Fsp3) is 0.438. The Balaban J connectivity index is 1.81. The Kier molecular flexibility index (Phi) is 8.60. The van der Waals surface area contributed by atoms with Crippen molar-refractivity contribution in [2.75, 3.05) is 18.4 Å². The van der Waals surface area contributed by atoms with Crippen LogP contribution < -0.4 is 5.32 Å². The minimum Gasteiger partial charge on any atom is -0.355 e. The van der Waals surface area contributed by atoms with Gasteiger partial charge in [-0.2, -0.15) is 0 Å². The summed E-state index contributed by atoms with van der Waals surface area (Å²) in [4.78, 5) is 2.59. The van der Waals surface area contributed by atoms with Gasteiger partial charge < -0.3 is 5.32 Å². The number of nitrogens with zero attached hydrogens (tertiary/aromatic N) is 1. The Morgan fingerprint density at radius 2 is 1.82 bits per heavy atom. The molecule has 0 saturated heterocycles. The molecule has 0 saturated carbocycles. The maximum absolute atomic E-state index is 3.75. The van der Waals surface area contributed by atoms with Gasteiger partial charge in [0.15, 0.2) is 0 Å². The largest absolute Gasteiger partial charge is 0.355 e. The van der Waals surface area contributed by atoms with Gasteiger partial charge in [-0.15, -0.1) is 0 Å². The first kappa shape index (κ1) is 26.0. The molecule has 34 heavy (non-hydrogen) atoms. The van der Waals surface area contributed by atoms with Crippen molar-refractivity contribution >= 4 is 16.9 Å². The van der Waals surface area contributed by atoms with E-state index in [-0.39, 0.29) is 0 Å². The van der Waals surface area contributed by atoms with Crippen molar-refractivity contribution < 1.29 is 0 Å². The number of fused-ring (bicyclic) bond motifs is 1. The molecular formula is C32H44N2. The number of benzene rings is 2. The van der Waals surface area contributed by atoms with E-state index in [9.17, 15) is 0 Å². The van der Waals surface area contributed by atoms with Crippen LogP contribution in [-0.4, -0.2) is 18.0 Å². The average molecular weight is 457 g/mol. The third-order valence-corrected chi connectivity index (χ3v) is 6.61. The third-order valence-electron chi connectivity index (χ3n) is 6.61. The zero-order valence-corrected chi connectivity index (χ0v) is 22.7. The zero-order chi connectivity index (χ0) is 24.9. The van der Waals surface area contributed by atoms with Gasteiger partial charge in [0.05, 0.1) is 0 Å². The van der Waals surface area contributed by atoms with Crippen LogP contribution in [0, 0.1) is 12.3 Å². The van der Waals surface area contributed by atoms with E-state index >= 15 is 0 Å². The van der Waals surface area contributed by atoms with Gasteiger partial charge in [0.1, 0.15) is 0 Å². The molecule has 1 aliphatic heterocycles. The third kappa shape index (κ3) is 7.21. The highest BCUT2D eigenvalue weighted by Crippen LogP contribution is 2.31. The summed E-state index contributed by atoms with van der Waals surface area (Å²) >= 11 is 0.